The summed E-state index contributed by atoms with van der Waals surface area (Å²) < 4.78 is 10.8. The lowest BCUT2D eigenvalue weighted by Crippen LogP contribution is -2.23. The van der Waals surface area contributed by atoms with Gasteiger partial charge in [0.1, 0.15) is 4.60 Å². The van der Waals surface area contributed by atoms with Crippen LogP contribution >= 0.6 is 15.9 Å². The Balaban J connectivity index is 2.14. The first-order chi connectivity index (χ1) is 10.0. The van der Waals surface area contributed by atoms with Crippen LogP contribution in [-0.4, -0.2) is 42.8 Å². The Morgan fingerprint density at radius 3 is 2.95 bits per heavy atom. The maximum atomic E-state index is 11.3. The van der Waals surface area contributed by atoms with Gasteiger partial charge in [0.25, 0.3) is 0 Å². The molecular formula is C14H18BrN3O3. The van der Waals surface area contributed by atoms with Gasteiger partial charge >= 0.3 is 5.97 Å². The summed E-state index contributed by atoms with van der Waals surface area (Å²) in [6.45, 7) is 4.67. The van der Waals surface area contributed by atoms with Crippen molar-refractivity contribution in [1.29, 1.82) is 0 Å². The molecule has 1 aliphatic rings. The van der Waals surface area contributed by atoms with Gasteiger partial charge in [0.2, 0.25) is 0 Å². The van der Waals surface area contributed by atoms with Crippen LogP contribution < -0.4 is 10.2 Å². The number of hydrazine groups is 1. The lowest BCUT2D eigenvalue weighted by molar-refractivity contribution is -0.145. The Morgan fingerprint density at radius 1 is 1.57 bits per heavy atom. The number of hydrogen-bond donors (Lipinski definition) is 1. The summed E-state index contributed by atoms with van der Waals surface area (Å²) in [6, 6.07) is 1.87. The number of pyridine rings is 1. The normalized spacial score (nSPS) is 14.1. The number of hydrogen-bond acceptors (Lipinski definition) is 6. The van der Waals surface area contributed by atoms with Gasteiger partial charge < -0.3 is 14.5 Å². The number of nitrogens with zero attached hydrogens (tertiary/aromatic N) is 2. The highest BCUT2D eigenvalue weighted by molar-refractivity contribution is 9.10. The standard InChI is InChI=1S/C14H18BrN3O3/c1-4-20-12(19)8-21-11-5-9(2)13(17-14(11)15)10-6-16-18(3)7-10/h5,7,16H,4,6,8H2,1-3H3. The maximum absolute atomic E-state index is 11.3. The number of ether oxygens (including phenoxy) is 2. The van der Waals surface area contributed by atoms with Crippen molar-refractivity contribution in [2.45, 2.75) is 13.8 Å². The van der Waals surface area contributed by atoms with E-state index in [-0.39, 0.29) is 6.61 Å². The first-order valence-electron chi connectivity index (χ1n) is 6.64. The lowest BCUT2D eigenvalue weighted by Gasteiger charge is -2.11. The van der Waals surface area contributed by atoms with Crippen molar-refractivity contribution >= 4 is 27.5 Å². The van der Waals surface area contributed by atoms with Gasteiger partial charge in [-0.05, 0) is 41.4 Å². The quantitative estimate of drug-likeness (QED) is 0.642. The van der Waals surface area contributed by atoms with E-state index in [1.807, 2.05) is 31.2 Å². The Labute approximate surface area is 132 Å². The molecule has 21 heavy (non-hydrogen) atoms. The minimum atomic E-state index is -0.393. The molecule has 7 heteroatoms. The summed E-state index contributed by atoms with van der Waals surface area (Å²) in [4.78, 5) is 15.8. The first kappa shape index (κ1) is 15.8. The zero-order valence-electron chi connectivity index (χ0n) is 12.3. The largest absolute Gasteiger partial charge is 0.479 e. The van der Waals surface area contributed by atoms with E-state index in [0.29, 0.717) is 17.0 Å². The molecule has 0 saturated carbocycles. The van der Waals surface area contributed by atoms with Gasteiger partial charge in [-0.3, -0.25) is 0 Å². The predicted molar refractivity (Wildman–Crippen MR) is 82.5 cm³/mol. The number of nitrogens with one attached hydrogen (secondary N) is 1. The van der Waals surface area contributed by atoms with Crippen molar-refractivity contribution in [3.63, 3.8) is 0 Å². The van der Waals surface area contributed by atoms with E-state index < -0.39 is 5.97 Å². The molecule has 1 aliphatic heterocycles. The average Bonchev–Trinajstić information content (AvgIpc) is 2.86. The molecule has 1 aromatic rings. The third-order valence-electron chi connectivity index (χ3n) is 2.96. The van der Waals surface area contributed by atoms with Crippen molar-refractivity contribution < 1.29 is 14.3 Å². The number of esters is 1. The molecule has 0 fully saturated rings. The Morgan fingerprint density at radius 2 is 2.33 bits per heavy atom. The summed E-state index contributed by atoms with van der Waals surface area (Å²) in [5, 5.41) is 1.90. The van der Waals surface area contributed by atoms with Crippen molar-refractivity contribution in [1.82, 2.24) is 15.4 Å². The summed E-state index contributed by atoms with van der Waals surface area (Å²) in [5.41, 5.74) is 6.17. The van der Waals surface area contributed by atoms with Crippen molar-refractivity contribution in [3.8, 4) is 5.75 Å². The molecule has 2 heterocycles. The summed E-state index contributed by atoms with van der Waals surface area (Å²) >= 11 is 3.38. The molecule has 0 amide bonds. The van der Waals surface area contributed by atoms with Gasteiger partial charge in [-0.1, -0.05) is 0 Å². The topological polar surface area (TPSA) is 63.7 Å². The summed E-state index contributed by atoms with van der Waals surface area (Å²) in [7, 11) is 1.94. The van der Waals surface area contributed by atoms with E-state index in [2.05, 4.69) is 26.3 Å². The smallest absolute Gasteiger partial charge is 0.344 e. The Kier molecular flexibility index (Phi) is 5.19. The second kappa shape index (κ2) is 6.91. The van der Waals surface area contributed by atoms with Gasteiger partial charge in [0, 0.05) is 25.4 Å². The maximum Gasteiger partial charge on any atom is 0.344 e. The third-order valence-corrected chi connectivity index (χ3v) is 3.53. The van der Waals surface area contributed by atoms with Crippen LogP contribution in [0.4, 0.5) is 0 Å². The Bertz CT molecular complexity index is 575. The van der Waals surface area contributed by atoms with E-state index in [9.17, 15) is 4.79 Å². The molecular weight excluding hydrogens is 338 g/mol. The number of carbonyl (C=O) groups is 1. The molecule has 0 atom stereocenters. The highest BCUT2D eigenvalue weighted by atomic mass is 79.9. The Hall–Kier alpha value is -1.60. The van der Waals surface area contributed by atoms with Crippen LogP contribution in [-0.2, 0) is 9.53 Å². The lowest BCUT2D eigenvalue weighted by atomic mass is 10.1. The molecule has 6 nitrogen and oxygen atoms in total. The minimum Gasteiger partial charge on any atom is -0.479 e. The molecule has 0 aromatic carbocycles. The third kappa shape index (κ3) is 3.95. The first-order valence-corrected chi connectivity index (χ1v) is 7.43. The fourth-order valence-electron chi connectivity index (χ4n) is 2.01. The van der Waals surface area contributed by atoms with Crippen molar-refractivity contribution in [2.75, 3.05) is 26.8 Å². The van der Waals surface area contributed by atoms with Crippen LogP contribution in [0.25, 0.3) is 5.57 Å². The average molecular weight is 356 g/mol. The zero-order valence-corrected chi connectivity index (χ0v) is 13.9. The fraction of sp³-hybridized carbons (Fsp3) is 0.429. The second-order valence-corrected chi connectivity index (χ2v) is 5.39. The van der Waals surface area contributed by atoms with E-state index in [1.165, 1.54) is 0 Å². The van der Waals surface area contributed by atoms with Crippen LogP contribution in [0.1, 0.15) is 18.2 Å². The number of halogens is 1. The van der Waals surface area contributed by atoms with Crippen LogP contribution in [0, 0.1) is 6.92 Å². The van der Waals surface area contributed by atoms with Gasteiger partial charge in [-0.25, -0.2) is 15.2 Å². The van der Waals surface area contributed by atoms with E-state index >= 15 is 0 Å². The molecule has 0 bridgehead atoms. The predicted octanol–water partition coefficient (Wildman–Crippen LogP) is 1.89. The van der Waals surface area contributed by atoms with Crippen LogP contribution in [0.3, 0.4) is 0 Å². The highest BCUT2D eigenvalue weighted by Crippen LogP contribution is 2.29. The monoisotopic (exact) mass is 355 g/mol. The van der Waals surface area contributed by atoms with Crippen LogP contribution in [0.2, 0.25) is 0 Å². The van der Waals surface area contributed by atoms with Crippen molar-refractivity contribution in [2.24, 2.45) is 0 Å². The number of aryl methyl sites for hydroxylation is 1. The molecule has 0 spiro atoms. The summed E-state index contributed by atoms with van der Waals surface area (Å²) in [6.07, 6.45) is 2.00. The van der Waals surface area contributed by atoms with Crippen LogP contribution in [0.5, 0.6) is 5.75 Å². The molecule has 1 N–H and O–H groups in total. The fourth-order valence-corrected chi connectivity index (χ4v) is 2.42. The molecule has 0 saturated heterocycles. The molecule has 114 valence electrons. The van der Waals surface area contributed by atoms with Crippen LogP contribution in [0.15, 0.2) is 16.9 Å². The molecule has 0 unspecified atom stereocenters. The van der Waals surface area contributed by atoms with E-state index in [4.69, 9.17) is 9.47 Å². The highest BCUT2D eigenvalue weighted by Gasteiger charge is 2.17. The van der Waals surface area contributed by atoms with E-state index in [0.717, 1.165) is 23.4 Å². The zero-order chi connectivity index (χ0) is 15.4. The number of carbonyl (C=O) groups excluding carboxylic acids is 1. The second-order valence-electron chi connectivity index (χ2n) is 4.64. The number of aromatic nitrogens is 1. The van der Waals surface area contributed by atoms with Gasteiger partial charge in [0.15, 0.2) is 12.4 Å². The molecule has 0 aliphatic carbocycles. The van der Waals surface area contributed by atoms with Gasteiger partial charge in [-0.15, -0.1) is 0 Å². The minimum absolute atomic E-state index is 0.125. The van der Waals surface area contributed by atoms with Crippen molar-refractivity contribution in [3.05, 3.63) is 28.1 Å². The van der Waals surface area contributed by atoms with Gasteiger partial charge in [-0.2, -0.15) is 0 Å². The molecule has 1 aromatic heterocycles. The summed E-state index contributed by atoms with van der Waals surface area (Å²) in [5.74, 6) is 0.139. The van der Waals surface area contributed by atoms with Gasteiger partial charge in [0.05, 0.1) is 12.3 Å². The number of rotatable bonds is 5. The molecule has 0 radical (unpaired) electrons. The van der Waals surface area contributed by atoms with E-state index in [1.54, 1.807) is 6.92 Å². The molecule has 2 rings (SSSR count). The SMILES string of the molecule is CCOC(=O)COc1cc(C)c(C2=CN(C)NC2)nc1Br.